The molecule has 6 nitrogen and oxygen atoms in total. The van der Waals surface area contributed by atoms with Crippen LogP contribution in [0.2, 0.25) is 0 Å². The molecule has 0 aliphatic heterocycles. The van der Waals surface area contributed by atoms with Gasteiger partial charge in [0.2, 0.25) is 5.91 Å². The van der Waals surface area contributed by atoms with Gasteiger partial charge in [0, 0.05) is 19.5 Å². The maximum absolute atomic E-state index is 11.7. The third-order valence-electron chi connectivity index (χ3n) is 2.59. The SMILES string of the molecule is CCCN(CC)C(=O)NC(=O)CC(C)(C)C(=O)O. The van der Waals surface area contributed by atoms with Crippen molar-refractivity contribution in [3.05, 3.63) is 0 Å². The molecule has 0 aromatic rings. The van der Waals surface area contributed by atoms with Crippen LogP contribution in [0.5, 0.6) is 0 Å². The predicted octanol–water partition coefficient (Wildman–Crippen LogP) is 1.46. The molecule has 6 heteroatoms. The van der Waals surface area contributed by atoms with Crippen LogP contribution in [0.15, 0.2) is 0 Å². The van der Waals surface area contributed by atoms with Crippen LogP contribution in [0.1, 0.15) is 40.5 Å². The molecule has 0 aliphatic rings. The first kappa shape index (κ1) is 16.4. The lowest BCUT2D eigenvalue weighted by molar-refractivity contribution is -0.149. The second-order valence-electron chi connectivity index (χ2n) is 4.80. The van der Waals surface area contributed by atoms with Gasteiger partial charge < -0.3 is 10.0 Å². The van der Waals surface area contributed by atoms with Crippen molar-refractivity contribution in [2.75, 3.05) is 13.1 Å². The highest BCUT2D eigenvalue weighted by molar-refractivity contribution is 5.96. The van der Waals surface area contributed by atoms with Crippen LogP contribution in [0.3, 0.4) is 0 Å². The zero-order valence-corrected chi connectivity index (χ0v) is 11.4. The minimum Gasteiger partial charge on any atom is -0.481 e. The van der Waals surface area contributed by atoms with E-state index in [0.29, 0.717) is 13.1 Å². The Morgan fingerprint density at radius 1 is 1.22 bits per heavy atom. The summed E-state index contributed by atoms with van der Waals surface area (Å²) in [5.41, 5.74) is -1.17. The number of carboxylic acid groups (broad SMARTS) is 1. The van der Waals surface area contributed by atoms with E-state index >= 15 is 0 Å². The van der Waals surface area contributed by atoms with Gasteiger partial charge in [-0.05, 0) is 27.2 Å². The Labute approximate surface area is 107 Å². The number of carbonyl (C=O) groups excluding carboxylic acids is 2. The van der Waals surface area contributed by atoms with E-state index in [1.54, 1.807) is 0 Å². The van der Waals surface area contributed by atoms with Crippen LogP contribution >= 0.6 is 0 Å². The maximum Gasteiger partial charge on any atom is 0.324 e. The van der Waals surface area contributed by atoms with Crippen molar-refractivity contribution in [2.45, 2.75) is 40.5 Å². The van der Waals surface area contributed by atoms with E-state index < -0.39 is 23.3 Å². The Morgan fingerprint density at radius 3 is 2.17 bits per heavy atom. The van der Waals surface area contributed by atoms with Gasteiger partial charge in [0.25, 0.3) is 0 Å². The highest BCUT2D eigenvalue weighted by Crippen LogP contribution is 2.19. The average Bonchev–Trinajstić information content (AvgIpc) is 2.24. The number of rotatable bonds is 6. The van der Waals surface area contributed by atoms with Gasteiger partial charge in [0.15, 0.2) is 0 Å². The van der Waals surface area contributed by atoms with E-state index in [4.69, 9.17) is 5.11 Å². The molecule has 0 radical (unpaired) electrons. The lowest BCUT2D eigenvalue weighted by Crippen LogP contribution is -2.44. The van der Waals surface area contributed by atoms with Gasteiger partial charge in [-0.3, -0.25) is 14.9 Å². The van der Waals surface area contributed by atoms with Crippen LogP contribution in [-0.4, -0.2) is 41.0 Å². The van der Waals surface area contributed by atoms with Gasteiger partial charge in [-0.1, -0.05) is 6.92 Å². The molecular weight excluding hydrogens is 236 g/mol. The van der Waals surface area contributed by atoms with Gasteiger partial charge in [0.1, 0.15) is 0 Å². The third-order valence-corrected chi connectivity index (χ3v) is 2.59. The maximum atomic E-state index is 11.7. The van der Waals surface area contributed by atoms with Gasteiger partial charge in [-0.2, -0.15) is 0 Å². The molecule has 0 saturated carbocycles. The molecule has 0 heterocycles. The van der Waals surface area contributed by atoms with Crippen molar-refractivity contribution in [3.63, 3.8) is 0 Å². The summed E-state index contributed by atoms with van der Waals surface area (Å²) in [4.78, 5) is 35.6. The van der Waals surface area contributed by atoms with Crippen LogP contribution in [0, 0.1) is 5.41 Å². The normalized spacial score (nSPS) is 10.9. The van der Waals surface area contributed by atoms with Crippen molar-refractivity contribution in [3.8, 4) is 0 Å². The molecule has 18 heavy (non-hydrogen) atoms. The zero-order valence-electron chi connectivity index (χ0n) is 11.4. The molecule has 0 bridgehead atoms. The highest BCUT2D eigenvalue weighted by atomic mass is 16.4. The summed E-state index contributed by atoms with van der Waals surface area (Å²) in [6, 6.07) is -0.467. The number of hydrogen-bond donors (Lipinski definition) is 2. The first-order valence-corrected chi connectivity index (χ1v) is 6.06. The Hall–Kier alpha value is -1.59. The predicted molar refractivity (Wildman–Crippen MR) is 67.1 cm³/mol. The molecule has 104 valence electrons. The van der Waals surface area contributed by atoms with Gasteiger partial charge in [0.05, 0.1) is 5.41 Å². The summed E-state index contributed by atoms with van der Waals surface area (Å²) in [6.45, 7) is 7.73. The molecule has 0 aromatic carbocycles. The summed E-state index contributed by atoms with van der Waals surface area (Å²) in [5, 5.41) is 11.1. The summed E-state index contributed by atoms with van der Waals surface area (Å²) >= 11 is 0. The van der Waals surface area contributed by atoms with Crippen LogP contribution in [0.25, 0.3) is 0 Å². The number of amides is 3. The monoisotopic (exact) mass is 258 g/mol. The number of carboxylic acids is 1. The second kappa shape index (κ2) is 6.98. The highest BCUT2D eigenvalue weighted by Gasteiger charge is 2.31. The Balaban J connectivity index is 4.40. The fraction of sp³-hybridized carbons (Fsp3) is 0.750. The minimum atomic E-state index is -1.17. The lowest BCUT2D eigenvalue weighted by Gasteiger charge is -2.22. The van der Waals surface area contributed by atoms with E-state index in [9.17, 15) is 14.4 Å². The lowest BCUT2D eigenvalue weighted by atomic mass is 9.89. The molecule has 0 saturated heterocycles. The van der Waals surface area contributed by atoms with Gasteiger partial charge >= 0.3 is 12.0 Å². The molecule has 0 aromatic heterocycles. The quantitative estimate of drug-likeness (QED) is 0.755. The van der Waals surface area contributed by atoms with Crippen LogP contribution in [0.4, 0.5) is 4.79 Å². The summed E-state index contributed by atoms with van der Waals surface area (Å²) in [6.07, 6.45) is 0.577. The Kier molecular flexibility index (Phi) is 6.36. The smallest absolute Gasteiger partial charge is 0.324 e. The Morgan fingerprint density at radius 2 is 1.78 bits per heavy atom. The number of urea groups is 1. The summed E-state index contributed by atoms with van der Waals surface area (Å²) < 4.78 is 0. The van der Waals surface area contributed by atoms with Crippen molar-refractivity contribution in [2.24, 2.45) is 5.41 Å². The van der Waals surface area contributed by atoms with E-state index in [2.05, 4.69) is 5.32 Å². The largest absolute Gasteiger partial charge is 0.481 e. The molecule has 2 N–H and O–H groups in total. The molecule has 0 aliphatic carbocycles. The topological polar surface area (TPSA) is 86.7 Å². The van der Waals surface area contributed by atoms with Crippen LogP contribution < -0.4 is 5.32 Å². The summed E-state index contributed by atoms with van der Waals surface area (Å²) in [7, 11) is 0. The second-order valence-corrected chi connectivity index (χ2v) is 4.80. The molecule has 0 fully saturated rings. The molecule has 3 amide bonds. The molecule has 0 atom stereocenters. The number of nitrogens with one attached hydrogen (secondary N) is 1. The first-order valence-electron chi connectivity index (χ1n) is 6.06. The van der Waals surface area contributed by atoms with Crippen molar-refractivity contribution >= 4 is 17.9 Å². The van der Waals surface area contributed by atoms with Crippen LogP contribution in [-0.2, 0) is 9.59 Å². The van der Waals surface area contributed by atoms with Gasteiger partial charge in [-0.25, -0.2) is 4.79 Å². The van der Waals surface area contributed by atoms with E-state index in [1.807, 2.05) is 13.8 Å². The van der Waals surface area contributed by atoms with Crippen molar-refractivity contribution < 1.29 is 19.5 Å². The van der Waals surface area contributed by atoms with Gasteiger partial charge in [-0.15, -0.1) is 0 Å². The number of nitrogens with zero attached hydrogens (tertiary/aromatic N) is 1. The minimum absolute atomic E-state index is 0.224. The number of imide groups is 1. The third kappa shape index (κ3) is 5.16. The van der Waals surface area contributed by atoms with E-state index in [0.717, 1.165) is 6.42 Å². The average molecular weight is 258 g/mol. The fourth-order valence-corrected chi connectivity index (χ4v) is 1.39. The standard InChI is InChI=1S/C12H22N2O4/c1-5-7-14(6-2)11(18)13-9(15)8-12(3,4)10(16)17/h5-8H2,1-4H3,(H,16,17)(H,13,15,18). The number of aliphatic carboxylic acids is 1. The molecule has 0 spiro atoms. The Bertz CT molecular complexity index is 326. The van der Waals surface area contributed by atoms with E-state index in [1.165, 1.54) is 18.7 Å². The van der Waals surface area contributed by atoms with Crippen molar-refractivity contribution in [1.82, 2.24) is 10.2 Å². The van der Waals surface area contributed by atoms with E-state index in [-0.39, 0.29) is 6.42 Å². The number of carbonyl (C=O) groups is 3. The molecular formula is C12H22N2O4. The summed E-state index contributed by atoms with van der Waals surface area (Å²) in [5.74, 6) is -1.63. The zero-order chi connectivity index (χ0) is 14.3. The van der Waals surface area contributed by atoms with Crippen molar-refractivity contribution in [1.29, 1.82) is 0 Å². The fourth-order valence-electron chi connectivity index (χ4n) is 1.39. The molecule has 0 rings (SSSR count). The molecule has 0 unspecified atom stereocenters. The number of hydrogen-bond acceptors (Lipinski definition) is 3. The first-order chi connectivity index (χ1) is 8.24.